The van der Waals surface area contributed by atoms with E-state index in [4.69, 9.17) is 11.5 Å². The van der Waals surface area contributed by atoms with Crippen LogP contribution >= 0.6 is 23.5 Å². The maximum absolute atomic E-state index is 11.8. The van der Waals surface area contributed by atoms with E-state index in [-0.39, 0.29) is 29.7 Å². The molecule has 128 valence electrons. The molecule has 1 aliphatic heterocycles. The summed E-state index contributed by atoms with van der Waals surface area (Å²) in [5, 5.41) is 7.51. The van der Waals surface area contributed by atoms with Crippen LogP contribution in [-0.2, 0) is 4.79 Å². The second-order valence-corrected chi connectivity index (χ2v) is 6.94. The second kappa shape index (κ2) is 9.24. The summed E-state index contributed by atoms with van der Waals surface area (Å²) in [5.41, 5.74) is 12.0. The number of nitrogens with zero attached hydrogens (tertiary/aromatic N) is 1. The molecule has 2 rings (SSSR count). The van der Waals surface area contributed by atoms with Crippen LogP contribution in [0.2, 0.25) is 0 Å². The minimum Gasteiger partial charge on any atom is -0.370 e. The first-order valence-corrected chi connectivity index (χ1v) is 9.31. The summed E-state index contributed by atoms with van der Waals surface area (Å²) in [7, 11) is 0. The van der Waals surface area contributed by atoms with Gasteiger partial charge in [0.2, 0.25) is 5.91 Å². The van der Waals surface area contributed by atoms with Crippen LogP contribution < -0.4 is 22.1 Å². The van der Waals surface area contributed by atoms with Gasteiger partial charge in [-0.1, -0.05) is 30.0 Å². The quantitative estimate of drug-likeness (QED) is 0.320. The van der Waals surface area contributed by atoms with Crippen molar-refractivity contribution in [2.75, 3.05) is 11.5 Å². The van der Waals surface area contributed by atoms with Crippen LogP contribution in [0.3, 0.4) is 0 Å². The van der Waals surface area contributed by atoms with Crippen molar-refractivity contribution < 1.29 is 9.59 Å². The van der Waals surface area contributed by atoms with E-state index < -0.39 is 0 Å². The number of carbonyl (C=O) groups is 2. The summed E-state index contributed by atoms with van der Waals surface area (Å²) in [5.74, 6) is 0.732. The molecular weight excluding hydrogens is 346 g/mol. The van der Waals surface area contributed by atoms with E-state index in [9.17, 15) is 9.59 Å². The van der Waals surface area contributed by atoms with Gasteiger partial charge in [0.05, 0.1) is 0 Å². The van der Waals surface area contributed by atoms with Gasteiger partial charge in [-0.05, 0) is 17.5 Å². The molecule has 1 unspecified atom stereocenters. The van der Waals surface area contributed by atoms with Crippen LogP contribution in [0.15, 0.2) is 46.4 Å². The molecule has 2 amide bonds. The van der Waals surface area contributed by atoms with Gasteiger partial charge in [-0.25, -0.2) is 4.99 Å². The lowest BCUT2D eigenvalue weighted by molar-refractivity contribution is -0.119. The van der Waals surface area contributed by atoms with Crippen molar-refractivity contribution in [1.82, 2.24) is 10.6 Å². The molecule has 0 radical (unpaired) electrons. The topological polar surface area (TPSA) is 123 Å². The van der Waals surface area contributed by atoms with E-state index in [1.165, 1.54) is 11.8 Å². The predicted molar refractivity (Wildman–Crippen MR) is 99.3 cm³/mol. The summed E-state index contributed by atoms with van der Waals surface area (Å²) in [6.07, 6.45) is 0.279. The highest BCUT2D eigenvalue weighted by Gasteiger charge is 2.15. The normalized spacial score (nSPS) is 16.0. The minimum atomic E-state index is -0.373. The highest BCUT2D eigenvalue weighted by Crippen LogP contribution is 2.23. The fourth-order valence-electron chi connectivity index (χ4n) is 1.84. The largest absolute Gasteiger partial charge is 0.370 e. The molecule has 1 heterocycles. The SMILES string of the molecule is NC(N)=NC1NC(CSCCC(=O)NC(=O)c2ccccc2)=CS1. The van der Waals surface area contributed by atoms with Gasteiger partial charge >= 0.3 is 0 Å². The van der Waals surface area contributed by atoms with Gasteiger partial charge in [-0.2, -0.15) is 11.8 Å². The van der Waals surface area contributed by atoms with Crippen molar-refractivity contribution in [1.29, 1.82) is 0 Å². The fraction of sp³-hybridized carbons (Fsp3) is 0.267. The summed E-state index contributed by atoms with van der Waals surface area (Å²) < 4.78 is 0. The van der Waals surface area contributed by atoms with E-state index >= 15 is 0 Å². The maximum atomic E-state index is 11.8. The highest BCUT2D eigenvalue weighted by molar-refractivity contribution is 8.03. The Bertz CT molecular complexity index is 645. The van der Waals surface area contributed by atoms with Gasteiger partial charge < -0.3 is 16.8 Å². The zero-order valence-electron chi connectivity index (χ0n) is 12.9. The number of benzene rings is 1. The molecule has 0 aliphatic carbocycles. The summed E-state index contributed by atoms with van der Waals surface area (Å²) >= 11 is 3.09. The smallest absolute Gasteiger partial charge is 0.257 e. The Morgan fingerprint density at radius 3 is 2.75 bits per heavy atom. The molecular formula is C15H19N5O2S2. The molecule has 6 N–H and O–H groups in total. The number of aliphatic imine (C=N–C) groups is 1. The number of nitrogens with two attached hydrogens (primary N) is 2. The molecule has 0 bridgehead atoms. The molecule has 24 heavy (non-hydrogen) atoms. The Morgan fingerprint density at radius 1 is 1.29 bits per heavy atom. The van der Waals surface area contributed by atoms with Crippen LogP contribution in [0.1, 0.15) is 16.8 Å². The molecule has 1 aromatic carbocycles. The number of nitrogens with one attached hydrogen (secondary N) is 2. The van der Waals surface area contributed by atoms with Crippen LogP contribution in [0, 0.1) is 0 Å². The zero-order valence-corrected chi connectivity index (χ0v) is 14.5. The number of guanidine groups is 1. The van der Waals surface area contributed by atoms with Gasteiger partial charge in [-0.15, -0.1) is 0 Å². The summed E-state index contributed by atoms with van der Waals surface area (Å²) in [6, 6.07) is 8.66. The van der Waals surface area contributed by atoms with Crippen molar-refractivity contribution in [2.45, 2.75) is 11.9 Å². The highest BCUT2D eigenvalue weighted by atomic mass is 32.2. The van der Waals surface area contributed by atoms with Crippen LogP contribution in [0.4, 0.5) is 0 Å². The van der Waals surface area contributed by atoms with Gasteiger partial charge in [0, 0.05) is 29.2 Å². The third-order valence-electron chi connectivity index (χ3n) is 2.93. The lowest BCUT2D eigenvalue weighted by Crippen LogP contribution is -2.30. The lowest BCUT2D eigenvalue weighted by Gasteiger charge is -2.08. The summed E-state index contributed by atoms with van der Waals surface area (Å²) in [4.78, 5) is 27.6. The lowest BCUT2D eigenvalue weighted by atomic mass is 10.2. The number of hydrogen-bond donors (Lipinski definition) is 4. The number of hydrogen-bond acceptors (Lipinski definition) is 6. The third kappa shape index (κ3) is 6.17. The van der Waals surface area contributed by atoms with E-state index in [1.807, 2.05) is 11.5 Å². The predicted octanol–water partition coefficient (Wildman–Crippen LogP) is 0.801. The van der Waals surface area contributed by atoms with Gasteiger partial charge in [0.1, 0.15) is 0 Å². The van der Waals surface area contributed by atoms with Crippen LogP contribution in [0.5, 0.6) is 0 Å². The van der Waals surface area contributed by atoms with Crippen molar-refractivity contribution in [2.24, 2.45) is 16.5 Å². The van der Waals surface area contributed by atoms with Crippen molar-refractivity contribution in [3.05, 3.63) is 47.0 Å². The van der Waals surface area contributed by atoms with Gasteiger partial charge in [0.15, 0.2) is 11.5 Å². The first kappa shape index (κ1) is 18.2. The van der Waals surface area contributed by atoms with Crippen LogP contribution in [-0.4, -0.2) is 34.8 Å². The van der Waals surface area contributed by atoms with Gasteiger partial charge in [0.25, 0.3) is 5.91 Å². The third-order valence-corrected chi connectivity index (χ3v) is 4.84. The standard InChI is InChI=1S/C15H19N5O2S2/c16-14(17)20-15-18-11(9-24-15)8-23-7-6-12(21)19-13(22)10-4-2-1-3-5-10/h1-5,9,15,18H,6-8H2,(H4,16,17,20)(H,19,21,22). The molecule has 9 heteroatoms. The number of thioether (sulfide) groups is 2. The maximum Gasteiger partial charge on any atom is 0.257 e. The molecule has 0 saturated carbocycles. The zero-order chi connectivity index (χ0) is 17.4. The molecule has 1 aromatic rings. The molecule has 0 aromatic heterocycles. The number of carbonyl (C=O) groups excluding carboxylic acids is 2. The molecule has 0 saturated heterocycles. The minimum absolute atomic E-state index is 0.0436. The van der Waals surface area contributed by atoms with Crippen LogP contribution in [0.25, 0.3) is 0 Å². The van der Waals surface area contributed by atoms with E-state index in [2.05, 4.69) is 15.6 Å². The Morgan fingerprint density at radius 2 is 2.04 bits per heavy atom. The summed E-state index contributed by atoms with van der Waals surface area (Å²) in [6.45, 7) is 0. The number of imide groups is 1. The molecule has 1 aliphatic rings. The monoisotopic (exact) mass is 365 g/mol. The Balaban J connectivity index is 1.62. The Labute approximate surface area is 148 Å². The average Bonchev–Trinajstić information content (AvgIpc) is 2.99. The molecule has 0 fully saturated rings. The van der Waals surface area contributed by atoms with Crippen molar-refractivity contribution in [3.8, 4) is 0 Å². The Kier molecular flexibility index (Phi) is 7.01. The van der Waals surface area contributed by atoms with E-state index in [1.54, 1.807) is 36.0 Å². The Hall–Kier alpha value is -2.13. The van der Waals surface area contributed by atoms with E-state index in [0.29, 0.717) is 11.3 Å². The van der Waals surface area contributed by atoms with E-state index in [0.717, 1.165) is 11.4 Å². The molecule has 0 spiro atoms. The second-order valence-electron chi connectivity index (χ2n) is 4.88. The molecule has 7 nitrogen and oxygen atoms in total. The molecule has 1 atom stereocenters. The average molecular weight is 365 g/mol. The fourth-order valence-corrected chi connectivity index (χ4v) is 3.66. The van der Waals surface area contributed by atoms with Crippen molar-refractivity contribution in [3.63, 3.8) is 0 Å². The van der Waals surface area contributed by atoms with Gasteiger partial charge in [-0.3, -0.25) is 14.9 Å². The van der Waals surface area contributed by atoms with Crippen molar-refractivity contribution >= 4 is 41.3 Å². The number of rotatable bonds is 7. The number of amides is 2. The first-order valence-electron chi connectivity index (χ1n) is 7.21. The first-order chi connectivity index (χ1) is 11.5.